The lowest BCUT2D eigenvalue weighted by atomic mass is 9.93. The SMILES string of the molecule is N#CC1CNC2=C(CCCC=C2)C1. The Labute approximate surface area is 78.9 Å². The average molecular weight is 174 g/mol. The van der Waals surface area contributed by atoms with Crippen LogP contribution in [0.5, 0.6) is 0 Å². The first kappa shape index (κ1) is 8.37. The van der Waals surface area contributed by atoms with Gasteiger partial charge in [-0.15, -0.1) is 0 Å². The first-order chi connectivity index (χ1) is 6.40. The molecule has 13 heavy (non-hydrogen) atoms. The lowest BCUT2D eigenvalue weighted by Crippen LogP contribution is -2.27. The third kappa shape index (κ3) is 1.75. The summed E-state index contributed by atoms with van der Waals surface area (Å²) in [6, 6.07) is 2.34. The number of nitrogens with zero attached hydrogens (tertiary/aromatic N) is 1. The molecule has 0 radical (unpaired) electrons. The predicted molar refractivity (Wildman–Crippen MR) is 51.7 cm³/mol. The molecule has 0 aromatic heterocycles. The van der Waals surface area contributed by atoms with Crippen molar-refractivity contribution in [3.63, 3.8) is 0 Å². The maximum absolute atomic E-state index is 8.82. The van der Waals surface area contributed by atoms with Crippen molar-refractivity contribution >= 4 is 0 Å². The van der Waals surface area contributed by atoms with Crippen molar-refractivity contribution in [3.8, 4) is 6.07 Å². The van der Waals surface area contributed by atoms with E-state index in [1.807, 2.05) is 0 Å². The number of hydrogen-bond donors (Lipinski definition) is 1. The lowest BCUT2D eigenvalue weighted by molar-refractivity contribution is 0.552. The molecule has 2 heteroatoms. The molecule has 1 heterocycles. The molecule has 0 saturated heterocycles. The van der Waals surface area contributed by atoms with E-state index >= 15 is 0 Å². The predicted octanol–water partition coefficient (Wildman–Crippen LogP) is 2.11. The smallest absolute Gasteiger partial charge is 0.0677 e. The molecule has 2 aliphatic rings. The highest BCUT2D eigenvalue weighted by Gasteiger charge is 2.19. The molecule has 0 bridgehead atoms. The van der Waals surface area contributed by atoms with Gasteiger partial charge in [0.1, 0.15) is 0 Å². The van der Waals surface area contributed by atoms with Crippen molar-refractivity contribution in [1.29, 1.82) is 5.26 Å². The zero-order valence-electron chi connectivity index (χ0n) is 7.71. The second kappa shape index (κ2) is 3.66. The zero-order chi connectivity index (χ0) is 9.10. The van der Waals surface area contributed by atoms with Crippen LogP contribution >= 0.6 is 0 Å². The highest BCUT2D eigenvalue weighted by Crippen LogP contribution is 2.26. The molecule has 0 spiro atoms. The highest BCUT2D eigenvalue weighted by atomic mass is 14.9. The van der Waals surface area contributed by atoms with Gasteiger partial charge in [-0.3, -0.25) is 0 Å². The fourth-order valence-electron chi connectivity index (χ4n) is 1.98. The molecule has 2 nitrogen and oxygen atoms in total. The van der Waals surface area contributed by atoms with Gasteiger partial charge in [-0.05, 0) is 37.3 Å². The van der Waals surface area contributed by atoms with Crippen molar-refractivity contribution in [2.24, 2.45) is 5.92 Å². The lowest BCUT2D eigenvalue weighted by Gasteiger charge is -2.22. The van der Waals surface area contributed by atoms with Crippen LogP contribution in [0.15, 0.2) is 23.4 Å². The van der Waals surface area contributed by atoms with E-state index in [1.54, 1.807) is 0 Å². The molecule has 1 aliphatic heterocycles. The van der Waals surface area contributed by atoms with E-state index < -0.39 is 0 Å². The van der Waals surface area contributed by atoms with Crippen LogP contribution in [0.4, 0.5) is 0 Å². The van der Waals surface area contributed by atoms with Crippen LogP contribution < -0.4 is 5.32 Å². The number of nitriles is 1. The molecule has 2 rings (SSSR count). The fraction of sp³-hybridized carbons (Fsp3) is 0.545. The second-order valence-electron chi connectivity index (χ2n) is 3.72. The molecule has 0 aromatic rings. The molecule has 0 amide bonds. The van der Waals surface area contributed by atoms with Crippen molar-refractivity contribution in [3.05, 3.63) is 23.4 Å². The normalized spacial score (nSPS) is 27.2. The van der Waals surface area contributed by atoms with Crippen LogP contribution in [0.2, 0.25) is 0 Å². The Bertz CT molecular complexity index is 294. The van der Waals surface area contributed by atoms with Crippen LogP contribution in [-0.2, 0) is 0 Å². The minimum Gasteiger partial charge on any atom is -0.384 e. The van der Waals surface area contributed by atoms with E-state index in [-0.39, 0.29) is 5.92 Å². The molecule has 1 unspecified atom stereocenters. The van der Waals surface area contributed by atoms with Gasteiger partial charge >= 0.3 is 0 Å². The van der Waals surface area contributed by atoms with Crippen molar-refractivity contribution in [2.75, 3.05) is 6.54 Å². The van der Waals surface area contributed by atoms with E-state index in [9.17, 15) is 0 Å². The van der Waals surface area contributed by atoms with Crippen LogP contribution in [0.25, 0.3) is 0 Å². The quantitative estimate of drug-likeness (QED) is 0.610. The fourth-order valence-corrected chi connectivity index (χ4v) is 1.98. The molecule has 1 N–H and O–H groups in total. The van der Waals surface area contributed by atoms with Gasteiger partial charge in [0.05, 0.1) is 12.0 Å². The molecule has 0 saturated carbocycles. The summed E-state index contributed by atoms with van der Waals surface area (Å²) >= 11 is 0. The van der Waals surface area contributed by atoms with E-state index in [4.69, 9.17) is 5.26 Å². The third-order valence-corrected chi connectivity index (χ3v) is 2.73. The van der Waals surface area contributed by atoms with Gasteiger partial charge in [-0.1, -0.05) is 6.08 Å². The molecule has 1 aliphatic carbocycles. The van der Waals surface area contributed by atoms with Gasteiger partial charge < -0.3 is 5.32 Å². The average Bonchev–Trinajstić information content (AvgIpc) is 2.41. The van der Waals surface area contributed by atoms with Crippen molar-refractivity contribution in [1.82, 2.24) is 5.32 Å². The summed E-state index contributed by atoms with van der Waals surface area (Å²) in [5.74, 6) is 0.185. The summed E-state index contributed by atoms with van der Waals surface area (Å²) < 4.78 is 0. The molecule has 0 fully saturated rings. The van der Waals surface area contributed by atoms with Gasteiger partial charge in [0.2, 0.25) is 0 Å². The summed E-state index contributed by atoms with van der Waals surface area (Å²) in [5, 5.41) is 12.2. The Balaban J connectivity index is 2.17. The zero-order valence-corrected chi connectivity index (χ0v) is 7.71. The first-order valence-corrected chi connectivity index (χ1v) is 4.92. The van der Waals surface area contributed by atoms with Crippen LogP contribution in [0, 0.1) is 17.2 Å². The van der Waals surface area contributed by atoms with Gasteiger partial charge in [-0.25, -0.2) is 0 Å². The number of rotatable bonds is 0. The van der Waals surface area contributed by atoms with Gasteiger partial charge in [0, 0.05) is 12.2 Å². The number of hydrogen-bond acceptors (Lipinski definition) is 2. The summed E-state index contributed by atoms with van der Waals surface area (Å²) in [7, 11) is 0. The number of allylic oxidation sites excluding steroid dienone is 3. The Morgan fingerprint density at radius 3 is 3.31 bits per heavy atom. The van der Waals surface area contributed by atoms with E-state index in [2.05, 4.69) is 23.5 Å². The van der Waals surface area contributed by atoms with E-state index in [1.165, 1.54) is 24.1 Å². The third-order valence-electron chi connectivity index (χ3n) is 2.73. The van der Waals surface area contributed by atoms with Gasteiger partial charge in [-0.2, -0.15) is 5.26 Å². The van der Waals surface area contributed by atoms with Crippen LogP contribution in [0.3, 0.4) is 0 Å². The maximum atomic E-state index is 8.82. The molecular weight excluding hydrogens is 160 g/mol. The van der Waals surface area contributed by atoms with Gasteiger partial charge in [0.15, 0.2) is 0 Å². The van der Waals surface area contributed by atoms with Crippen molar-refractivity contribution in [2.45, 2.75) is 25.7 Å². The molecular formula is C11H14N2. The largest absolute Gasteiger partial charge is 0.384 e. The van der Waals surface area contributed by atoms with Crippen molar-refractivity contribution < 1.29 is 0 Å². The highest BCUT2D eigenvalue weighted by molar-refractivity contribution is 5.29. The molecule has 68 valence electrons. The second-order valence-corrected chi connectivity index (χ2v) is 3.72. The maximum Gasteiger partial charge on any atom is 0.0677 e. The molecule has 1 atom stereocenters. The minimum atomic E-state index is 0.185. The Morgan fingerprint density at radius 2 is 2.46 bits per heavy atom. The molecule has 0 aromatic carbocycles. The summed E-state index contributed by atoms with van der Waals surface area (Å²) in [4.78, 5) is 0. The summed E-state index contributed by atoms with van der Waals surface area (Å²) in [5.41, 5.74) is 2.73. The van der Waals surface area contributed by atoms with Gasteiger partial charge in [0.25, 0.3) is 0 Å². The minimum absolute atomic E-state index is 0.185. The Kier molecular flexibility index (Phi) is 2.35. The van der Waals surface area contributed by atoms with Crippen LogP contribution in [0.1, 0.15) is 25.7 Å². The Morgan fingerprint density at radius 1 is 1.54 bits per heavy atom. The summed E-state index contributed by atoms with van der Waals surface area (Å²) in [6.45, 7) is 0.819. The summed E-state index contributed by atoms with van der Waals surface area (Å²) in [6.07, 6.45) is 8.94. The first-order valence-electron chi connectivity index (χ1n) is 4.92. The topological polar surface area (TPSA) is 35.8 Å². The standard InChI is InChI=1S/C11H14N2/c12-7-9-6-10-4-2-1-3-5-11(10)13-8-9/h3,5,9,13H,1-2,4,6,8H2. The monoisotopic (exact) mass is 174 g/mol. The van der Waals surface area contributed by atoms with Crippen LogP contribution in [-0.4, -0.2) is 6.54 Å². The van der Waals surface area contributed by atoms with E-state index in [0.717, 1.165) is 19.4 Å². The Hall–Kier alpha value is -1.23. The number of nitrogens with one attached hydrogen (secondary N) is 1. The van der Waals surface area contributed by atoms with E-state index in [0.29, 0.717) is 0 Å².